The Morgan fingerprint density at radius 3 is 2.62 bits per heavy atom. The second-order valence-electron chi connectivity index (χ2n) is 4.85. The van der Waals surface area contributed by atoms with E-state index in [0.717, 1.165) is 17.5 Å². The van der Waals surface area contributed by atoms with Crippen molar-refractivity contribution in [1.29, 1.82) is 0 Å². The maximum Gasteiger partial charge on any atom is 0.241 e. The average molecular weight is 308 g/mol. The zero-order valence-electron chi connectivity index (χ0n) is 12.2. The van der Waals surface area contributed by atoms with Crippen LogP contribution in [-0.2, 0) is 23.0 Å². The number of aryl methyl sites for hydroxylation is 1. The van der Waals surface area contributed by atoms with E-state index in [1.807, 2.05) is 13.0 Å². The highest BCUT2D eigenvalue weighted by molar-refractivity contribution is 7.89. The molecule has 114 valence electrons. The van der Waals surface area contributed by atoms with E-state index in [2.05, 4.69) is 4.72 Å². The molecule has 0 amide bonds. The summed E-state index contributed by atoms with van der Waals surface area (Å²) in [5.41, 5.74) is 7.60. The predicted molar refractivity (Wildman–Crippen MR) is 81.2 cm³/mol. The largest absolute Gasteiger partial charge is 0.468 e. The molecule has 5 nitrogen and oxygen atoms in total. The summed E-state index contributed by atoms with van der Waals surface area (Å²) in [6.45, 7) is 4.07. The summed E-state index contributed by atoms with van der Waals surface area (Å²) < 4.78 is 32.6. The van der Waals surface area contributed by atoms with Gasteiger partial charge in [0.05, 0.1) is 17.2 Å². The van der Waals surface area contributed by atoms with Crippen LogP contribution in [0.3, 0.4) is 0 Å². The maximum atomic E-state index is 12.4. The Bertz CT molecular complexity index is 694. The smallest absolute Gasteiger partial charge is 0.241 e. The molecule has 0 aliphatic heterocycles. The van der Waals surface area contributed by atoms with E-state index in [0.29, 0.717) is 12.3 Å². The highest BCUT2D eigenvalue weighted by Crippen LogP contribution is 2.20. The van der Waals surface area contributed by atoms with E-state index < -0.39 is 16.1 Å². The first-order valence-corrected chi connectivity index (χ1v) is 8.34. The van der Waals surface area contributed by atoms with Crippen LogP contribution in [0.2, 0.25) is 0 Å². The topological polar surface area (TPSA) is 85.3 Å². The molecular weight excluding hydrogens is 288 g/mol. The van der Waals surface area contributed by atoms with Crippen molar-refractivity contribution in [1.82, 2.24) is 4.72 Å². The van der Waals surface area contributed by atoms with E-state index in [-0.39, 0.29) is 4.90 Å². The molecule has 1 aromatic heterocycles. The molecule has 1 atom stereocenters. The fraction of sp³-hybridized carbons (Fsp3) is 0.333. The van der Waals surface area contributed by atoms with E-state index in [9.17, 15) is 8.42 Å². The van der Waals surface area contributed by atoms with Gasteiger partial charge in [-0.1, -0.05) is 13.0 Å². The Balaban J connectivity index is 2.27. The lowest BCUT2D eigenvalue weighted by atomic mass is 10.1. The van der Waals surface area contributed by atoms with Crippen molar-refractivity contribution in [2.75, 3.05) is 0 Å². The monoisotopic (exact) mass is 308 g/mol. The quantitative estimate of drug-likeness (QED) is 0.857. The van der Waals surface area contributed by atoms with Gasteiger partial charge in [-0.05, 0) is 48.7 Å². The van der Waals surface area contributed by atoms with Crippen LogP contribution in [0.5, 0.6) is 0 Å². The SMILES string of the molecule is CCc1ccc(S(=O)(=O)NC(C)c2ccco2)cc1CN. The lowest BCUT2D eigenvalue weighted by molar-refractivity contribution is 0.459. The van der Waals surface area contributed by atoms with Gasteiger partial charge in [0.2, 0.25) is 10.0 Å². The molecule has 0 fully saturated rings. The minimum absolute atomic E-state index is 0.221. The lowest BCUT2D eigenvalue weighted by Crippen LogP contribution is -2.26. The van der Waals surface area contributed by atoms with Gasteiger partial charge in [-0.2, -0.15) is 0 Å². The van der Waals surface area contributed by atoms with Crippen molar-refractivity contribution in [2.45, 2.75) is 37.8 Å². The Labute approximate surface area is 125 Å². The summed E-state index contributed by atoms with van der Waals surface area (Å²) in [5, 5.41) is 0. The van der Waals surface area contributed by atoms with Crippen LogP contribution < -0.4 is 10.5 Å². The number of sulfonamides is 1. The average Bonchev–Trinajstić information content (AvgIpc) is 3.00. The molecule has 3 N–H and O–H groups in total. The van der Waals surface area contributed by atoms with Gasteiger partial charge in [-0.3, -0.25) is 0 Å². The van der Waals surface area contributed by atoms with Crippen molar-refractivity contribution in [3.63, 3.8) is 0 Å². The van der Waals surface area contributed by atoms with E-state index in [1.165, 1.54) is 6.26 Å². The summed E-state index contributed by atoms with van der Waals surface area (Å²) >= 11 is 0. The van der Waals surface area contributed by atoms with Gasteiger partial charge in [0, 0.05) is 6.54 Å². The lowest BCUT2D eigenvalue weighted by Gasteiger charge is -2.14. The van der Waals surface area contributed by atoms with Crippen molar-refractivity contribution in [2.24, 2.45) is 5.73 Å². The number of rotatable bonds is 6. The van der Waals surface area contributed by atoms with E-state index in [1.54, 1.807) is 31.2 Å². The summed E-state index contributed by atoms with van der Waals surface area (Å²) in [5.74, 6) is 0.572. The van der Waals surface area contributed by atoms with Crippen LogP contribution in [0.1, 0.15) is 36.8 Å². The second-order valence-corrected chi connectivity index (χ2v) is 6.56. The first-order valence-electron chi connectivity index (χ1n) is 6.85. The van der Waals surface area contributed by atoms with Crippen molar-refractivity contribution in [3.05, 3.63) is 53.5 Å². The van der Waals surface area contributed by atoms with Gasteiger partial charge in [0.1, 0.15) is 5.76 Å². The van der Waals surface area contributed by atoms with Crippen molar-refractivity contribution < 1.29 is 12.8 Å². The highest BCUT2D eigenvalue weighted by Gasteiger charge is 2.20. The summed E-state index contributed by atoms with van der Waals surface area (Å²) in [7, 11) is -3.61. The van der Waals surface area contributed by atoms with Crippen LogP contribution in [0, 0.1) is 0 Å². The minimum atomic E-state index is -3.61. The van der Waals surface area contributed by atoms with Gasteiger partial charge in [-0.15, -0.1) is 0 Å². The van der Waals surface area contributed by atoms with Crippen LogP contribution in [0.25, 0.3) is 0 Å². The Kier molecular flexibility index (Phi) is 4.82. The molecule has 1 unspecified atom stereocenters. The van der Waals surface area contributed by atoms with Crippen molar-refractivity contribution in [3.8, 4) is 0 Å². The molecule has 0 aliphatic carbocycles. The predicted octanol–water partition coefficient (Wildman–Crippen LogP) is 2.34. The van der Waals surface area contributed by atoms with Crippen LogP contribution >= 0.6 is 0 Å². The van der Waals surface area contributed by atoms with Gasteiger partial charge < -0.3 is 10.2 Å². The standard InChI is InChI=1S/C15H20N2O3S/c1-3-12-6-7-14(9-13(12)10-16)21(18,19)17-11(2)15-5-4-8-20-15/h4-9,11,17H,3,10,16H2,1-2H3. The zero-order chi connectivity index (χ0) is 15.5. The van der Waals surface area contributed by atoms with E-state index in [4.69, 9.17) is 10.2 Å². The number of nitrogens with one attached hydrogen (secondary N) is 1. The molecule has 2 aromatic rings. The molecule has 2 rings (SSSR count). The van der Waals surface area contributed by atoms with Gasteiger partial charge in [0.15, 0.2) is 0 Å². The zero-order valence-corrected chi connectivity index (χ0v) is 13.0. The van der Waals surface area contributed by atoms with Crippen molar-refractivity contribution >= 4 is 10.0 Å². The first-order chi connectivity index (χ1) is 9.97. The summed E-state index contributed by atoms with van der Waals surface area (Å²) in [4.78, 5) is 0.221. The molecule has 0 spiro atoms. The van der Waals surface area contributed by atoms with Crippen LogP contribution in [-0.4, -0.2) is 8.42 Å². The van der Waals surface area contributed by atoms with Gasteiger partial charge >= 0.3 is 0 Å². The van der Waals surface area contributed by atoms with Crippen LogP contribution in [0.15, 0.2) is 45.9 Å². The molecule has 0 saturated carbocycles. The van der Waals surface area contributed by atoms with Gasteiger partial charge in [0.25, 0.3) is 0 Å². The molecular formula is C15H20N2O3S. The molecule has 21 heavy (non-hydrogen) atoms. The maximum absolute atomic E-state index is 12.4. The summed E-state index contributed by atoms with van der Waals surface area (Å²) in [6, 6.07) is 8.08. The highest BCUT2D eigenvalue weighted by atomic mass is 32.2. The molecule has 1 aromatic carbocycles. The molecule has 0 radical (unpaired) electrons. The Morgan fingerprint density at radius 2 is 2.05 bits per heavy atom. The number of furan rings is 1. The Hall–Kier alpha value is -1.63. The number of hydrogen-bond acceptors (Lipinski definition) is 4. The Morgan fingerprint density at radius 1 is 1.29 bits per heavy atom. The van der Waals surface area contributed by atoms with E-state index >= 15 is 0 Å². The molecule has 6 heteroatoms. The molecule has 0 saturated heterocycles. The fourth-order valence-corrected chi connectivity index (χ4v) is 3.46. The third-order valence-electron chi connectivity index (χ3n) is 3.39. The number of benzene rings is 1. The molecule has 1 heterocycles. The normalized spacial score (nSPS) is 13.3. The minimum Gasteiger partial charge on any atom is -0.468 e. The fourth-order valence-electron chi connectivity index (χ4n) is 2.20. The van der Waals surface area contributed by atoms with Gasteiger partial charge in [-0.25, -0.2) is 13.1 Å². The third-order valence-corrected chi connectivity index (χ3v) is 4.93. The third kappa shape index (κ3) is 3.53. The van der Waals surface area contributed by atoms with Crippen LogP contribution in [0.4, 0.5) is 0 Å². The number of nitrogens with two attached hydrogens (primary N) is 1. The summed E-state index contributed by atoms with van der Waals surface area (Å²) in [6.07, 6.45) is 2.34. The molecule has 0 aliphatic rings. The second kappa shape index (κ2) is 6.43. The number of hydrogen-bond donors (Lipinski definition) is 2. The first kappa shape index (κ1) is 15.8. The molecule has 0 bridgehead atoms.